The topological polar surface area (TPSA) is 81.4 Å². The number of nitrogens with one attached hydrogen (secondary N) is 1. The largest absolute Gasteiger partial charge is 0.452 e. The van der Waals surface area contributed by atoms with Gasteiger partial charge in [0.1, 0.15) is 0 Å². The van der Waals surface area contributed by atoms with E-state index in [9.17, 15) is 22.8 Å². The van der Waals surface area contributed by atoms with E-state index in [-0.39, 0.29) is 17.3 Å². The number of amides is 1. The average Bonchev–Trinajstić information content (AvgIpc) is 2.54. The van der Waals surface area contributed by atoms with Crippen LogP contribution < -0.4 is 11.1 Å². The fourth-order valence-electron chi connectivity index (χ4n) is 2.91. The predicted octanol–water partition coefficient (Wildman–Crippen LogP) is 3.14. The molecule has 0 spiro atoms. The Morgan fingerprint density at radius 3 is 2.56 bits per heavy atom. The molecule has 138 valence electrons. The zero-order chi connectivity index (χ0) is 18.6. The van der Waals surface area contributed by atoms with Crippen LogP contribution in [-0.2, 0) is 15.7 Å². The van der Waals surface area contributed by atoms with Gasteiger partial charge in [0.15, 0.2) is 6.61 Å². The van der Waals surface area contributed by atoms with Gasteiger partial charge < -0.3 is 15.8 Å². The van der Waals surface area contributed by atoms with Gasteiger partial charge in [-0.15, -0.1) is 0 Å². The molecule has 2 rings (SSSR count). The Bertz CT molecular complexity index is 647. The molecular formula is C17H21F3N2O3. The van der Waals surface area contributed by atoms with Gasteiger partial charge >= 0.3 is 12.1 Å². The Balaban J connectivity index is 1.90. The third-order valence-corrected chi connectivity index (χ3v) is 4.39. The first-order valence-corrected chi connectivity index (χ1v) is 8.11. The van der Waals surface area contributed by atoms with Gasteiger partial charge in [0.25, 0.3) is 5.91 Å². The Hall–Kier alpha value is -2.25. The molecule has 1 saturated carbocycles. The SMILES string of the molecule is C[C@H]1CCCC[C@H]1NC(=O)COC(=O)c1ccc(C(F)(F)F)cc1N. The molecule has 3 N–H and O–H groups in total. The molecule has 0 aliphatic heterocycles. The van der Waals surface area contributed by atoms with Crippen LogP contribution in [-0.4, -0.2) is 24.5 Å². The molecule has 1 aromatic carbocycles. The summed E-state index contributed by atoms with van der Waals surface area (Å²) in [4.78, 5) is 23.8. The Morgan fingerprint density at radius 1 is 1.28 bits per heavy atom. The molecule has 1 fully saturated rings. The van der Waals surface area contributed by atoms with Crippen molar-refractivity contribution in [2.45, 2.75) is 44.8 Å². The monoisotopic (exact) mass is 358 g/mol. The molecule has 0 bridgehead atoms. The summed E-state index contributed by atoms with van der Waals surface area (Å²) >= 11 is 0. The lowest BCUT2D eigenvalue weighted by molar-refractivity contribution is -0.137. The summed E-state index contributed by atoms with van der Waals surface area (Å²) in [5.41, 5.74) is 3.99. The summed E-state index contributed by atoms with van der Waals surface area (Å²) in [5.74, 6) is -1.00. The van der Waals surface area contributed by atoms with Gasteiger partial charge in [-0.3, -0.25) is 4.79 Å². The minimum absolute atomic E-state index is 0.0519. The maximum atomic E-state index is 12.6. The summed E-state index contributed by atoms with van der Waals surface area (Å²) in [6.45, 7) is 1.56. The number of esters is 1. The number of carbonyl (C=O) groups is 2. The minimum Gasteiger partial charge on any atom is -0.452 e. The van der Waals surface area contributed by atoms with Crippen LogP contribution in [0.15, 0.2) is 18.2 Å². The van der Waals surface area contributed by atoms with Gasteiger partial charge in [-0.25, -0.2) is 4.79 Å². The van der Waals surface area contributed by atoms with Crippen molar-refractivity contribution in [2.24, 2.45) is 5.92 Å². The van der Waals surface area contributed by atoms with E-state index in [0.29, 0.717) is 12.0 Å². The molecule has 0 radical (unpaired) electrons. The summed E-state index contributed by atoms with van der Waals surface area (Å²) in [6, 6.07) is 2.41. The second-order valence-electron chi connectivity index (χ2n) is 6.31. The van der Waals surface area contributed by atoms with Crippen molar-refractivity contribution >= 4 is 17.6 Å². The third-order valence-electron chi connectivity index (χ3n) is 4.39. The Labute approximate surface area is 143 Å². The van der Waals surface area contributed by atoms with Crippen LogP contribution in [0.3, 0.4) is 0 Å². The zero-order valence-electron chi connectivity index (χ0n) is 13.9. The summed E-state index contributed by atoms with van der Waals surface area (Å²) in [6.07, 6.45) is -0.459. The van der Waals surface area contributed by atoms with Gasteiger partial charge in [-0.1, -0.05) is 19.8 Å². The normalized spacial score (nSPS) is 20.8. The maximum absolute atomic E-state index is 12.6. The number of alkyl halides is 3. The molecule has 0 unspecified atom stereocenters. The molecule has 5 nitrogen and oxygen atoms in total. The summed E-state index contributed by atoms with van der Waals surface area (Å²) < 4.78 is 42.6. The molecule has 0 saturated heterocycles. The molecule has 8 heteroatoms. The van der Waals surface area contributed by atoms with Crippen molar-refractivity contribution in [2.75, 3.05) is 12.3 Å². The van der Waals surface area contributed by atoms with E-state index < -0.39 is 30.2 Å². The van der Waals surface area contributed by atoms with E-state index in [2.05, 4.69) is 12.2 Å². The number of hydrogen-bond acceptors (Lipinski definition) is 4. The van der Waals surface area contributed by atoms with Crippen molar-refractivity contribution in [1.29, 1.82) is 0 Å². The second-order valence-corrected chi connectivity index (χ2v) is 6.31. The van der Waals surface area contributed by atoms with Crippen LogP contribution in [0.4, 0.5) is 18.9 Å². The smallest absolute Gasteiger partial charge is 0.416 e. The predicted molar refractivity (Wildman–Crippen MR) is 85.7 cm³/mol. The van der Waals surface area contributed by atoms with Crippen LogP contribution in [0.5, 0.6) is 0 Å². The number of halogens is 3. The van der Waals surface area contributed by atoms with Crippen molar-refractivity contribution in [1.82, 2.24) is 5.32 Å². The minimum atomic E-state index is -4.55. The first kappa shape index (κ1) is 19.1. The Morgan fingerprint density at radius 2 is 1.96 bits per heavy atom. The molecule has 1 aliphatic rings. The van der Waals surface area contributed by atoms with Gasteiger partial charge in [-0.05, 0) is 37.0 Å². The number of nitrogens with two attached hydrogens (primary N) is 1. The van der Waals surface area contributed by atoms with E-state index in [0.717, 1.165) is 37.8 Å². The van der Waals surface area contributed by atoms with Crippen LogP contribution >= 0.6 is 0 Å². The van der Waals surface area contributed by atoms with Crippen molar-refractivity contribution in [3.63, 3.8) is 0 Å². The molecule has 0 aromatic heterocycles. The number of nitrogen functional groups attached to an aromatic ring is 1. The molecule has 0 heterocycles. The van der Waals surface area contributed by atoms with E-state index in [1.807, 2.05) is 0 Å². The zero-order valence-corrected chi connectivity index (χ0v) is 13.9. The summed E-state index contributed by atoms with van der Waals surface area (Å²) in [7, 11) is 0. The molecule has 25 heavy (non-hydrogen) atoms. The number of carbonyl (C=O) groups excluding carboxylic acids is 2. The molecule has 2 atom stereocenters. The highest BCUT2D eigenvalue weighted by molar-refractivity contribution is 5.96. The van der Waals surface area contributed by atoms with E-state index in [1.165, 1.54) is 0 Å². The van der Waals surface area contributed by atoms with Gasteiger partial charge in [-0.2, -0.15) is 13.2 Å². The van der Waals surface area contributed by atoms with Gasteiger partial charge in [0.2, 0.25) is 0 Å². The first-order chi connectivity index (χ1) is 11.7. The van der Waals surface area contributed by atoms with Crippen molar-refractivity contribution in [3.8, 4) is 0 Å². The Kier molecular flexibility index (Phi) is 5.92. The van der Waals surface area contributed by atoms with E-state index >= 15 is 0 Å². The van der Waals surface area contributed by atoms with Crippen LogP contribution in [0, 0.1) is 5.92 Å². The highest BCUT2D eigenvalue weighted by Gasteiger charge is 2.31. The maximum Gasteiger partial charge on any atom is 0.416 e. The number of ether oxygens (including phenoxy) is 1. The standard InChI is InChI=1S/C17H21F3N2O3/c1-10-4-2-3-5-14(10)22-15(23)9-25-16(24)12-7-6-11(8-13(12)21)17(18,19)20/h6-8,10,14H,2-5,9,21H2,1H3,(H,22,23)/t10-,14+/m0/s1. The third kappa shape index (κ3) is 5.11. The van der Waals surface area contributed by atoms with Crippen LogP contribution in [0.1, 0.15) is 48.5 Å². The lowest BCUT2D eigenvalue weighted by Gasteiger charge is -2.29. The molecular weight excluding hydrogens is 337 g/mol. The molecule has 1 aromatic rings. The highest BCUT2D eigenvalue weighted by Crippen LogP contribution is 2.31. The quantitative estimate of drug-likeness (QED) is 0.640. The van der Waals surface area contributed by atoms with Crippen LogP contribution in [0.25, 0.3) is 0 Å². The summed E-state index contributed by atoms with van der Waals surface area (Å²) in [5, 5.41) is 2.82. The number of rotatable bonds is 4. The molecule has 1 aliphatic carbocycles. The van der Waals surface area contributed by atoms with Crippen LogP contribution in [0.2, 0.25) is 0 Å². The highest BCUT2D eigenvalue weighted by atomic mass is 19.4. The number of hydrogen-bond donors (Lipinski definition) is 2. The van der Waals surface area contributed by atoms with E-state index in [1.54, 1.807) is 0 Å². The molecule has 1 amide bonds. The number of anilines is 1. The second kappa shape index (κ2) is 7.76. The fraction of sp³-hybridized carbons (Fsp3) is 0.529. The lowest BCUT2D eigenvalue weighted by Crippen LogP contribution is -2.42. The first-order valence-electron chi connectivity index (χ1n) is 8.11. The van der Waals surface area contributed by atoms with Gasteiger partial charge in [0, 0.05) is 11.7 Å². The van der Waals surface area contributed by atoms with Gasteiger partial charge in [0.05, 0.1) is 11.1 Å². The van der Waals surface area contributed by atoms with E-state index in [4.69, 9.17) is 10.5 Å². The fourth-order valence-corrected chi connectivity index (χ4v) is 2.91. The number of benzene rings is 1. The van der Waals surface area contributed by atoms with Crippen molar-refractivity contribution in [3.05, 3.63) is 29.3 Å². The lowest BCUT2D eigenvalue weighted by atomic mass is 9.86. The average molecular weight is 358 g/mol. The van der Waals surface area contributed by atoms with Crippen molar-refractivity contribution < 1.29 is 27.5 Å².